The quantitative estimate of drug-likeness (QED) is 0.748. The number of carboxylic acids is 1. The zero-order valence-corrected chi connectivity index (χ0v) is 12.6. The number of hydrogen-bond acceptors (Lipinski definition) is 2. The molecular formula is C15H11BrN2O3. The third-order valence-corrected chi connectivity index (χ3v) is 4.29. The first kappa shape index (κ1) is 13.6. The molecule has 2 N–H and O–H groups in total. The van der Waals surface area contributed by atoms with Gasteiger partial charge in [-0.2, -0.15) is 0 Å². The summed E-state index contributed by atoms with van der Waals surface area (Å²) in [5.41, 5.74) is 2.20. The summed E-state index contributed by atoms with van der Waals surface area (Å²) >= 11 is 3.44. The number of fused-ring (bicyclic) bond motifs is 1. The van der Waals surface area contributed by atoms with Crippen molar-refractivity contribution in [2.24, 2.45) is 0 Å². The van der Waals surface area contributed by atoms with E-state index in [1.54, 1.807) is 12.1 Å². The molecule has 3 aromatic rings. The fraction of sp³-hybridized carbons (Fsp3) is 0.0667. The minimum absolute atomic E-state index is 0.0796. The van der Waals surface area contributed by atoms with Crippen LogP contribution in [0.4, 0.5) is 0 Å². The fourth-order valence-corrected chi connectivity index (χ4v) is 2.74. The molecule has 106 valence electrons. The molecule has 6 heteroatoms. The number of para-hydroxylation sites is 1. The van der Waals surface area contributed by atoms with Crippen LogP contribution in [0.15, 0.2) is 45.7 Å². The number of aromatic nitrogens is 2. The molecule has 0 aliphatic carbocycles. The van der Waals surface area contributed by atoms with E-state index < -0.39 is 5.97 Å². The second-order valence-corrected chi connectivity index (χ2v) is 5.51. The molecular weight excluding hydrogens is 336 g/mol. The van der Waals surface area contributed by atoms with Gasteiger partial charge in [-0.05, 0) is 36.8 Å². The van der Waals surface area contributed by atoms with E-state index in [4.69, 9.17) is 0 Å². The van der Waals surface area contributed by atoms with Crippen LogP contribution in [0.5, 0.6) is 0 Å². The summed E-state index contributed by atoms with van der Waals surface area (Å²) in [7, 11) is 0. The van der Waals surface area contributed by atoms with Crippen molar-refractivity contribution in [2.45, 2.75) is 6.92 Å². The number of hydrogen-bond donors (Lipinski definition) is 2. The van der Waals surface area contributed by atoms with E-state index in [0.717, 1.165) is 10.0 Å². The Morgan fingerprint density at radius 1 is 1.24 bits per heavy atom. The van der Waals surface area contributed by atoms with Crippen LogP contribution in [0.1, 0.15) is 15.9 Å². The van der Waals surface area contributed by atoms with Gasteiger partial charge in [-0.1, -0.05) is 28.1 Å². The third kappa shape index (κ3) is 2.08. The van der Waals surface area contributed by atoms with Gasteiger partial charge >= 0.3 is 11.7 Å². The lowest BCUT2D eigenvalue weighted by atomic mass is 10.1. The standard InChI is InChI=1S/C15H11BrN2O3/c1-8-10(16)5-3-6-11(8)18-12-7-2-4-9(14(19)20)13(12)17-15(18)21/h2-7H,1H3,(H,17,21)(H,19,20). The number of benzene rings is 2. The van der Waals surface area contributed by atoms with Crippen LogP contribution >= 0.6 is 15.9 Å². The van der Waals surface area contributed by atoms with Crippen molar-refractivity contribution in [2.75, 3.05) is 0 Å². The van der Waals surface area contributed by atoms with Crippen molar-refractivity contribution < 1.29 is 9.90 Å². The lowest BCUT2D eigenvalue weighted by Crippen LogP contribution is -2.15. The van der Waals surface area contributed by atoms with Crippen molar-refractivity contribution in [3.63, 3.8) is 0 Å². The van der Waals surface area contributed by atoms with E-state index in [2.05, 4.69) is 20.9 Å². The molecule has 0 saturated heterocycles. The van der Waals surface area contributed by atoms with Gasteiger partial charge in [-0.3, -0.25) is 4.57 Å². The highest BCUT2D eigenvalue weighted by Crippen LogP contribution is 2.25. The zero-order valence-electron chi connectivity index (χ0n) is 11.1. The van der Waals surface area contributed by atoms with Crippen molar-refractivity contribution in [3.05, 3.63) is 62.5 Å². The number of imidazole rings is 1. The molecule has 0 aliphatic heterocycles. The van der Waals surface area contributed by atoms with Crippen molar-refractivity contribution in [1.29, 1.82) is 0 Å². The Morgan fingerprint density at radius 3 is 2.67 bits per heavy atom. The predicted molar refractivity (Wildman–Crippen MR) is 83.3 cm³/mol. The largest absolute Gasteiger partial charge is 0.478 e. The van der Waals surface area contributed by atoms with Crippen molar-refractivity contribution in [3.8, 4) is 5.69 Å². The third-order valence-electron chi connectivity index (χ3n) is 3.43. The molecule has 21 heavy (non-hydrogen) atoms. The molecule has 2 aromatic carbocycles. The van der Waals surface area contributed by atoms with Crippen molar-refractivity contribution >= 4 is 32.9 Å². The normalized spacial score (nSPS) is 11.0. The number of halogens is 1. The van der Waals surface area contributed by atoms with E-state index >= 15 is 0 Å². The molecule has 0 atom stereocenters. The van der Waals surface area contributed by atoms with Gasteiger partial charge in [0.05, 0.1) is 22.3 Å². The molecule has 0 saturated carbocycles. The van der Waals surface area contributed by atoms with Crippen LogP contribution in [0.2, 0.25) is 0 Å². The Bertz CT molecular complexity index is 924. The first-order chi connectivity index (χ1) is 10.0. The Labute approximate surface area is 128 Å². The minimum Gasteiger partial charge on any atom is -0.478 e. The SMILES string of the molecule is Cc1c(Br)cccc1-n1c(=O)[nH]c2c(C(=O)O)cccc21. The Morgan fingerprint density at radius 2 is 1.95 bits per heavy atom. The molecule has 5 nitrogen and oxygen atoms in total. The first-order valence-corrected chi connectivity index (χ1v) is 7.02. The van der Waals surface area contributed by atoms with Crippen molar-refractivity contribution in [1.82, 2.24) is 9.55 Å². The molecule has 0 unspecified atom stereocenters. The molecule has 0 spiro atoms. The maximum Gasteiger partial charge on any atom is 0.337 e. The van der Waals surface area contributed by atoms with Gasteiger partial charge in [-0.25, -0.2) is 9.59 Å². The number of rotatable bonds is 2. The van der Waals surface area contributed by atoms with Crippen LogP contribution in [0, 0.1) is 6.92 Å². The fourth-order valence-electron chi connectivity index (χ4n) is 2.39. The number of aromatic amines is 1. The second-order valence-electron chi connectivity index (χ2n) is 4.65. The molecule has 0 radical (unpaired) electrons. The van der Waals surface area contributed by atoms with Gasteiger partial charge < -0.3 is 10.1 Å². The molecule has 0 aliphatic rings. The summed E-state index contributed by atoms with van der Waals surface area (Å²) in [5.74, 6) is -1.07. The van der Waals surface area contributed by atoms with E-state index in [1.807, 2.05) is 25.1 Å². The molecule has 0 amide bonds. The number of carboxylic acid groups (broad SMARTS) is 1. The zero-order chi connectivity index (χ0) is 15.1. The number of nitrogens with one attached hydrogen (secondary N) is 1. The maximum atomic E-state index is 12.3. The number of nitrogens with zero attached hydrogens (tertiary/aromatic N) is 1. The highest BCUT2D eigenvalue weighted by atomic mass is 79.9. The van der Waals surface area contributed by atoms with E-state index in [-0.39, 0.29) is 11.3 Å². The summed E-state index contributed by atoms with van der Waals surface area (Å²) in [5, 5.41) is 9.21. The topological polar surface area (TPSA) is 75.1 Å². The number of aromatic carboxylic acids is 1. The summed E-state index contributed by atoms with van der Waals surface area (Å²) in [6, 6.07) is 10.4. The highest BCUT2D eigenvalue weighted by Gasteiger charge is 2.16. The average molecular weight is 347 g/mol. The van der Waals surface area contributed by atoms with Gasteiger partial charge in [-0.15, -0.1) is 0 Å². The molecule has 0 fully saturated rings. The molecule has 1 aromatic heterocycles. The summed E-state index contributed by atoms with van der Waals surface area (Å²) < 4.78 is 2.37. The van der Waals surface area contributed by atoms with Gasteiger partial charge in [0, 0.05) is 4.47 Å². The van der Waals surface area contributed by atoms with E-state index in [9.17, 15) is 14.7 Å². The van der Waals surface area contributed by atoms with Crippen LogP contribution < -0.4 is 5.69 Å². The lowest BCUT2D eigenvalue weighted by Gasteiger charge is -2.09. The van der Waals surface area contributed by atoms with Gasteiger partial charge in [0.25, 0.3) is 0 Å². The summed E-state index contributed by atoms with van der Waals surface area (Å²) in [6.45, 7) is 1.89. The Kier molecular flexibility index (Phi) is 3.17. The smallest absolute Gasteiger partial charge is 0.337 e. The van der Waals surface area contributed by atoms with Gasteiger partial charge in [0.15, 0.2) is 0 Å². The van der Waals surface area contributed by atoms with Crippen LogP contribution in [0.3, 0.4) is 0 Å². The van der Waals surface area contributed by atoms with Gasteiger partial charge in [0.1, 0.15) is 0 Å². The van der Waals surface area contributed by atoms with Crippen LogP contribution in [-0.2, 0) is 0 Å². The highest BCUT2D eigenvalue weighted by molar-refractivity contribution is 9.10. The van der Waals surface area contributed by atoms with Gasteiger partial charge in [0.2, 0.25) is 0 Å². The predicted octanol–water partition coefficient (Wildman–Crippen LogP) is 3.09. The Balaban J connectivity index is 2.42. The minimum atomic E-state index is -1.07. The Hall–Kier alpha value is -2.34. The lowest BCUT2D eigenvalue weighted by molar-refractivity contribution is 0.0699. The van der Waals surface area contributed by atoms with Crippen LogP contribution in [0.25, 0.3) is 16.7 Å². The van der Waals surface area contributed by atoms with Crippen LogP contribution in [-0.4, -0.2) is 20.6 Å². The number of H-pyrrole nitrogens is 1. The average Bonchev–Trinajstić information content (AvgIpc) is 2.77. The second kappa shape index (κ2) is 4.89. The molecule has 0 bridgehead atoms. The first-order valence-electron chi connectivity index (χ1n) is 6.23. The van der Waals surface area contributed by atoms with E-state index in [1.165, 1.54) is 10.6 Å². The summed E-state index contributed by atoms with van der Waals surface area (Å²) in [6.07, 6.45) is 0. The molecule has 3 rings (SSSR count). The van der Waals surface area contributed by atoms with E-state index in [0.29, 0.717) is 16.7 Å². The number of carbonyl (C=O) groups is 1. The molecule has 1 heterocycles. The maximum absolute atomic E-state index is 12.3. The summed E-state index contributed by atoms with van der Waals surface area (Å²) in [4.78, 5) is 26.2. The monoisotopic (exact) mass is 346 g/mol.